The summed E-state index contributed by atoms with van der Waals surface area (Å²) in [5.41, 5.74) is 8.33. The zero-order valence-electron chi connectivity index (χ0n) is 15.5. The number of para-hydroxylation sites is 2. The molecule has 6 nitrogen and oxygen atoms in total. The highest BCUT2D eigenvalue weighted by atomic mass is 16.2. The van der Waals surface area contributed by atoms with E-state index in [4.69, 9.17) is 5.73 Å². The van der Waals surface area contributed by atoms with Crippen LogP contribution in [0.4, 0.5) is 16.2 Å². The number of nitrogens with one attached hydrogen (secondary N) is 2. The molecule has 3 amide bonds. The fourth-order valence-electron chi connectivity index (χ4n) is 3.19. The lowest BCUT2D eigenvalue weighted by molar-refractivity contribution is -0.120. The number of amides is 3. The average Bonchev–Trinajstić information content (AvgIpc) is 3.24. The van der Waals surface area contributed by atoms with Crippen molar-refractivity contribution >= 4 is 23.3 Å². The quantitative estimate of drug-likeness (QED) is 0.756. The van der Waals surface area contributed by atoms with E-state index >= 15 is 0 Å². The van der Waals surface area contributed by atoms with Gasteiger partial charge in [-0.05, 0) is 30.5 Å². The SMILES string of the molecule is CC(C(=O)Nc1ccccc1NC(=O)N1CCCC1)C(N)c1ccccc1. The van der Waals surface area contributed by atoms with Gasteiger partial charge in [0.2, 0.25) is 5.91 Å². The number of benzene rings is 2. The summed E-state index contributed by atoms with van der Waals surface area (Å²) in [5.74, 6) is -0.607. The van der Waals surface area contributed by atoms with Crippen LogP contribution < -0.4 is 16.4 Å². The van der Waals surface area contributed by atoms with Gasteiger partial charge in [-0.25, -0.2) is 4.79 Å². The molecule has 0 spiro atoms. The number of carbonyl (C=O) groups is 2. The summed E-state index contributed by atoms with van der Waals surface area (Å²) in [5, 5.41) is 5.80. The Morgan fingerprint density at radius 2 is 1.48 bits per heavy atom. The third kappa shape index (κ3) is 4.65. The lowest BCUT2D eigenvalue weighted by Crippen LogP contribution is -2.33. The van der Waals surface area contributed by atoms with Crippen LogP contribution in [0.5, 0.6) is 0 Å². The molecule has 1 aliphatic heterocycles. The van der Waals surface area contributed by atoms with Crippen molar-refractivity contribution in [3.8, 4) is 0 Å². The maximum atomic E-state index is 12.7. The predicted molar refractivity (Wildman–Crippen MR) is 107 cm³/mol. The topological polar surface area (TPSA) is 87.5 Å². The predicted octanol–water partition coefficient (Wildman–Crippen LogP) is 3.59. The molecule has 2 aromatic carbocycles. The molecule has 142 valence electrons. The first-order valence-electron chi connectivity index (χ1n) is 9.32. The van der Waals surface area contributed by atoms with Gasteiger partial charge in [0.1, 0.15) is 0 Å². The van der Waals surface area contributed by atoms with Crippen molar-refractivity contribution in [1.29, 1.82) is 0 Å². The van der Waals surface area contributed by atoms with Gasteiger partial charge in [-0.2, -0.15) is 0 Å². The van der Waals surface area contributed by atoms with Crippen LogP contribution >= 0.6 is 0 Å². The van der Waals surface area contributed by atoms with Crippen molar-refractivity contribution in [2.24, 2.45) is 11.7 Å². The maximum Gasteiger partial charge on any atom is 0.321 e. The molecule has 1 saturated heterocycles. The van der Waals surface area contributed by atoms with Gasteiger partial charge in [0.25, 0.3) is 0 Å². The van der Waals surface area contributed by atoms with Gasteiger partial charge in [-0.1, -0.05) is 49.4 Å². The first kappa shape index (κ1) is 18.9. The Morgan fingerprint density at radius 3 is 2.11 bits per heavy atom. The van der Waals surface area contributed by atoms with Crippen LogP contribution in [-0.4, -0.2) is 29.9 Å². The Bertz CT molecular complexity index is 788. The summed E-state index contributed by atoms with van der Waals surface area (Å²) >= 11 is 0. The molecule has 1 fully saturated rings. The number of urea groups is 1. The molecular formula is C21H26N4O2. The molecule has 6 heteroatoms. The fourth-order valence-corrected chi connectivity index (χ4v) is 3.19. The molecule has 0 aromatic heterocycles. The van der Waals surface area contributed by atoms with E-state index in [1.54, 1.807) is 24.0 Å². The molecule has 0 saturated carbocycles. The zero-order chi connectivity index (χ0) is 19.2. The third-order valence-corrected chi connectivity index (χ3v) is 4.96. The largest absolute Gasteiger partial charge is 0.325 e. The van der Waals surface area contributed by atoms with Crippen molar-refractivity contribution < 1.29 is 9.59 Å². The minimum absolute atomic E-state index is 0.136. The second kappa shape index (κ2) is 8.68. The van der Waals surface area contributed by atoms with Gasteiger partial charge in [-0.15, -0.1) is 0 Å². The molecule has 4 N–H and O–H groups in total. The van der Waals surface area contributed by atoms with Crippen LogP contribution in [0.2, 0.25) is 0 Å². The molecule has 0 radical (unpaired) electrons. The summed E-state index contributed by atoms with van der Waals surface area (Å²) in [4.78, 5) is 26.9. The molecule has 3 rings (SSSR count). The van der Waals surface area contributed by atoms with Crippen molar-refractivity contribution in [1.82, 2.24) is 4.90 Å². The highest BCUT2D eigenvalue weighted by Gasteiger charge is 2.23. The monoisotopic (exact) mass is 366 g/mol. The summed E-state index contributed by atoms with van der Waals surface area (Å²) in [6.45, 7) is 3.34. The van der Waals surface area contributed by atoms with Gasteiger partial charge in [0.15, 0.2) is 0 Å². The molecule has 2 atom stereocenters. The van der Waals surface area contributed by atoms with E-state index in [0.717, 1.165) is 31.5 Å². The van der Waals surface area contributed by atoms with E-state index in [9.17, 15) is 9.59 Å². The van der Waals surface area contributed by atoms with Gasteiger partial charge in [0.05, 0.1) is 17.3 Å². The second-order valence-corrected chi connectivity index (χ2v) is 6.88. The first-order valence-corrected chi connectivity index (χ1v) is 9.32. The summed E-state index contributed by atoms with van der Waals surface area (Å²) < 4.78 is 0. The molecule has 0 aliphatic carbocycles. The zero-order valence-corrected chi connectivity index (χ0v) is 15.5. The number of hydrogen-bond donors (Lipinski definition) is 3. The molecule has 0 bridgehead atoms. The molecule has 2 aromatic rings. The number of nitrogens with two attached hydrogens (primary N) is 1. The molecule has 1 heterocycles. The Morgan fingerprint density at radius 1 is 0.926 bits per heavy atom. The summed E-state index contributed by atoms with van der Waals surface area (Å²) in [6.07, 6.45) is 2.06. The Hall–Kier alpha value is -2.86. The highest BCUT2D eigenvalue weighted by Crippen LogP contribution is 2.25. The number of likely N-dealkylation sites (tertiary alicyclic amines) is 1. The molecule has 27 heavy (non-hydrogen) atoms. The normalized spacial score (nSPS) is 15.9. The average molecular weight is 366 g/mol. The Balaban J connectivity index is 1.67. The van der Waals surface area contributed by atoms with Crippen LogP contribution in [0.1, 0.15) is 31.4 Å². The van der Waals surface area contributed by atoms with Gasteiger partial charge >= 0.3 is 6.03 Å². The molecule has 1 aliphatic rings. The van der Waals surface area contributed by atoms with Crippen LogP contribution in [-0.2, 0) is 4.79 Å². The number of rotatable bonds is 5. The molecular weight excluding hydrogens is 340 g/mol. The number of anilines is 2. The van der Waals surface area contributed by atoms with E-state index in [-0.39, 0.29) is 11.9 Å². The van der Waals surface area contributed by atoms with Crippen molar-refractivity contribution in [3.05, 3.63) is 60.2 Å². The minimum atomic E-state index is -0.422. The van der Waals surface area contributed by atoms with Crippen molar-refractivity contribution in [3.63, 3.8) is 0 Å². The maximum absolute atomic E-state index is 12.7. The highest BCUT2D eigenvalue weighted by molar-refractivity contribution is 6.00. The number of hydrogen-bond acceptors (Lipinski definition) is 3. The van der Waals surface area contributed by atoms with Crippen molar-refractivity contribution in [2.45, 2.75) is 25.8 Å². The minimum Gasteiger partial charge on any atom is -0.325 e. The standard InChI is InChI=1S/C21H26N4O2/c1-15(19(22)16-9-3-2-4-10-16)20(26)23-17-11-5-6-12-18(17)24-21(27)25-13-7-8-14-25/h2-6,9-12,15,19H,7-8,13-14,22H2,1H3,(H,23,26)(H,24,27). The lowest BCUT2D eigenvalue weighted by atomic mass is 9.94. The van der Waals surface area contributed by atoms with E-state index in [0.29, 0.717) is 11.4 Å². The number of nitrogens with zero attached hydrogens (tertiary/aromatic N) is 1. The van der Waals surface area contributed by atoms with E-state index in [1.165, 1.54) is 0 Å². The Labute approximate surface area is 159 Å². The molecule has 2 unspecified atom stereocenters. The third-order valence-electron chi connectivity index (χ3n) is 4.96. The van der Waals surface area contributed by atoms with Gasteiger partial charge in [-0.3, -0.25) is 4.79 Å². The van der Waals surface area contributed by atoms with E-state index in [2.05, 4.69) is 10.6 Å². The first-order chi connectivity index (χ1) is 13.1. The number of carbonyl (C=O) groups excluding carboxylic acids is 2. The lowest BCUT2D eigenvalue weighted by Gasteiger charge is -2.22. The van der Waals surface area contributed by atoms with Crippen LogP contribution in [0.15, 0.2) is 54.6 Å². The van der Waals surface area contributed by atoms with E-state index in [1.807, 2.05) is 42.5 Å². The van der Waals surface area contributed by atoms with Crippen molar-refractivity contribution in [2.75, 3.05) is 23.7 Å². The second-order valence-electron chi connectivity index (χ2n) is 6.88. The smallest absolute Gasteiger partial charge is 0.321 e. The summed E-state index contributed by atoms with van der Waals surface area (Å²) in [7, 11) is 0. The summed E-state index contributed by atoms with van der Waals surface area (Å²) in [6, 6.07) is 16.2. The van der Waals surface area contributed by atoms with Crippen LogP contribution in [0, 0.1) is 5.92 Å². The van der Waals surface area contributed by atoms with Crippen LogP contribution in [0.25, 0.3) is 0 Å². The Kier molecular flexibility index (Phi) is 6.08. The fraction of sp³-hybridized carbons (Fsp3) is 0.333. The van der Waals surface area contributed by atoms with Gasteiger partial charge < -0.3 is 21.3 Å². The van der Waals surface area contributed by atoms with Crippen LogP contribution in [0.3, 0.4) is 0 Å². The van der Waals surface area contributed by atoms with Gasteiger partial charge in [0, 0.05) is 19.1 Å². The van der Waals surface area contributed by atoms with E-state index < -0.39 is 12.0 Å².